The SMILES string of the molecule is CCOC1CC(N)(C(=O)Nc2cccc(-c3ccn[nH]3)c2)C1(C)C.Cl. The van der Waals surface area contributed by atoms with Gasteiger partial charge in [-0.25, -0.2) is 0 Å². The summed E-state index contributed by atoms with van der Waals surface area (Å²) < 4.78 is 5.69. The van der Waals surface area contributed by atoms with Gasteiger partial charge in [-0.15, -0.1) is 12.4 Å². The van der Waals surface area contributed by atoms with E-state index in [4.69, 9.17) is 10.5 Å². The molecule has 6 nitrogen and oxygen atoms in total. The van der Waals surface area contributed by atoms with Gasteiger partial charge in [-0.2, -0.15) is 5.10 Å². The summed E-state index contributed by atoms with van der Waals surface area (Å²) in [4.78, 5) is 12.8. The lowest BCUT2D eigenvalue weighted by atomic mass is 9.54. The van der Waals surface area contributed by atoms with Gasteiger partial charge in [0.25, 0.3) is 0 Å². The number of nitrogens with zero attached hydrogens (tertiary/aromatic N) is 1. The van der Waals surface area contributed by atoms with Crippen molar-refractivity contribution in [2.24, 2.45) is 11.1 Å². The monoisotopic (exact) mass is 364 g/mol. The summed E-state index contributed by atoms with van der Waals surface area (Å²) in [6.45, 7) is 6.54. The van der Waals surface area contributed by atoms with Crippen LogP contribution in [-0.4, -0.2) is 34.4 Å². The Kier molecular flexibility index (Phi) is 5.56. The molecule has 0 bridgehead atoms. The third-order valence-electron chi connectivity index (χ3n) is 5.17. The lowest BCUT2D eigenvalue weighted by molar-refractivity contribution is -0.166. The van der Waals surface area contributed by atoms with Crippen LogP contribution in [0, 0.1) is 5.41 Å². The number of ether oxygens (including phenoxy) is 1. The van der Waals surface area contributed by atoms with Crippen molar-refractivity contribution in [3.8, 4) is 11.3 Å². The zero-order valence-corrected chi connectivity index (χ0v) is 15.5. The predicted octanol–water partition coefficient (Wildman–Crippen LogP) is 2.97. The number of aromatic amines is 1. The quantitative estimate of drug-likeness (QED) is 0.760. The van der Waals surface area contributed by atoms with E-state index in [0.29, 0.717) is 18.7 Å². The highest BCUT2D eigenvalue weighted by Crippen LogP contribution is 2.50. The average Bonchev–Trinajstić information content (AvgIpc) is 3.09. The Labute approximate surface area is 153 Å². The van der Waals surface area contributed by atoms with Crippen molar-refractivity contribution in [3.05, 3.63) is 36.5 Å². The second-order valence-corrected chi connectivity index (χ2v) is 6.85. The highest BCUT2D eigenvalue weighted by Gasteiger charge is 2.62. The predicted molar refractivity (Wildman–Crippen MR) is 101 cm³/mol. The Balaban J connectivity index is 0.00000225. The van der Waals surface area contributed by atoms with Gasteiger partial charge in [0.2, 0.25) is 5.91 Å². The molecule has 2 unspecified atom stereocenters. The van der Waals surface area contributed by atoms with Gasteiger partial charge in [0, 0.05) is 35.9 Å². The summed E-state index contributed by atoms with van der Waals surface area (Å²) in [5.41, 5.74) is 7.64. The maximum absolute atomic E-state index is 12.8. The molecule has 1 saturated carbocycles. The van der Waals surface area contributed by atoms with Gasteiger partial charge in [-0.1, -0.05) is 26.0 Å². The van der Waals surface area contributed by atoms with Crippen molar-refractivity contribution in [2.45, 2.75) is 38.8 Å². The van der Waals surface area contributed by atoms with Crippen molar-refractivity contribution >= 4 is 24.0 Å². The van der Waals surface area contributed by atoms with Crippen LogP contribution >= 0.6 is 12.4 Å². The molecular formula is C18H25ClN4O2. The Hall–Kier alpha value is -1.89. The van der Waals surface area contributed by atoms with E-state index >= 15 is 0 Å². The number of carbonyl (C=O) groups is 1. The van der Waals surface area contributed by atoms with E-state index in [-0.39, 0.29) is 24.4 Å². The fourth-order valence-corrected chi connectivity index (χ4v) is 3.24. The molecule has 2 aromatic rings. The van der Waals surface area contributed by atoms with E-state index in [1.807, 2.05) is 51.1 Å². The summed E-state index contributed by atoms with van der Waals surface area (Å²) >= 11 is 0. The Morgan fingerprint density at radius 1 is 1.44 bits per heavy atom. The fourth-order valence-electron chi connectivity index (χ4n) is 3.24. The number of H-pyrrole nitrogens is 1. The number of nitrogens with two attached hydrogens (primary N) is 1. The van der Waals surface area contributed by atoms with Gasteiger partial charge in [0.15, 0.2) is 0 Å². The maximum atomic E-state index is 12.8. The molecule has 0 radical (unpaired) electrons. The summed E-state index contributed by atoms with van der Waals surface area (Å²) in [7, 11) is 0. The van der Waals surface area contributed by atoms with Gasteiger partial charge in [-0.05, 0) is 25.1 Å². The standard InChI is InChI=1S/C18H24N4O2.ClH/c1-4-24-15-11-18(19,17(15,2)3)16(23)21-13-7-5-6-12(10-13)14-8-9-20-22-14;/h5-10,15H,4,11,19H2,1-3H3,(H,20,22)(H,21,23);1H. The van der Waals surface area contributed by atoms with Gasteiger partial charge in [0.1, 0.15) is 5.54 Å². The molecule has 2 atom stereocenters. The second kappa shape index (κ2) is 7.15. The normalized spacial score (nSPS) is 24.1. The number of rotatable bonds is 5. The lowest BCUT2D eigenvalue weighted by Gasteiger charge is -2.57. The van der Waals surface area contributed by atoms with Crippen LogP contribution < -0.4 is 11.1 Å². The lowest BCUT2D eigenvalue weighted by Crippen LogP contribution is -2.74. The average molecular weight is 365 g/mol. The first kappa shape index (κ1) is 19.4. The van der Waals surface area contributed by atoms with Gasteiger partial charge < -0.3 is 15.8 Å². The van der Waals surface area contributed by atoms with Gasteiger partial charge in [-0.3, -0.25) is 9.89 Å². The minimum absolute atomic E-state index is 0. The number of halogens is 1. The summed E-state index contributed by atoms with van der Waals surface area (Å²) in [5, 5.41) is 9.82. The van der Waals surface area contributed by atoms with Crippen molar-refractivity contribution < 1.29 is 9.53 Å². The highest BCUT2D eigenvalue weighted by atomic mass is 35.5. The minimum Gasteiger partial charge on any atom is -0.378 e. The molecular weight excluding hydrogens is 340 g/mol. The molecule has 1 amide bonds. The van der Waals surface area contributed by atoms with Crippen LogP contribution in [0.2, 0.25) is 0 Å². The van der Waals surface area contributed by atoms with Crippen molar-refractivity contribution in [1.82, 2.24) is 10.2 Å². The highest BCUT2D eigenvalue weighted by molar-refractivity contribution is 6.00. The van der Waals surface area contributed by atoms with E-state index in [9.17, 15) is 4.79 Å². The van der Waals surface area contributed by atoms with E-state index in [1.54, 1.807) is 6.20 Å². The topological polar surface area (TPSA) is 93.0 Å². The van der Waals surface area contributed by atoms with Crippen LogP contribution in [0.4, 0.5) is 5.69 Å². The van der Waals surface area contributed by atoms with Crippen LogP contribution in [0.5, 0.6) is 0 Å². The molecule has 25 heavy (non-hydrogen) atoms. The molecule has 1 aliphatic carbocycles. The minimum atomic E-state index is -0.934. The van der Waals surface area contributed by atoms with Crippen LogP contribution in [-0.2, 0) is 9.53 Å². The summed E-state index contributed by atoms with van der Waals surface area (Å²) in [6.07, 6.45) is 2.23. The molecule has 0 aliphatic heterocycles. The molecule has 0 saturated heterocycles. The Morgan fingerprint density at radius 2 is 2.20 bits per heavy atom. The largest absolute Gasteiger partial charge is 0.378 e. The molecule has 1 aromatic heterocycles. The van der Waals surface area contributed by atoms with Crippen LogP contribution in [0.25, 0.3) is 11.3 Å². The first-order valence-corrected chi connectivity index (χ1v) is 8.20. The van der Waals surface area contributed by atoms with E-state index in [1.165, 1.54) is 0 Å². The van der Waals surface area contributed by atoms with E-state index < -0.39 is 11.0 Å². The molecule has 1 heterocycles. The fraction of sp³-hybridized carbons (Fsp3) is 0.444. The summed E-state index contributed by atoms with van der Waals surface area (Å²) in [5.74, 6) is -0.176. The number of amides is 1. The van der Waals surface area contributed by atoms with Gasteiger partial charge in [0.05, 0.1) is 11.8 Å². The van der Waals surface area contributed by atoms with Crippen molar-refractivity contribution in [2.75, 3.05) is 11.9 Å². The number of hydrogen-bond donors (Lipinski definition) is 3. The molecule has 7 heteroatoms. The van der Waals surface area contributed by atoms with Crippen LogP contribution in [0.3, 0.4) is 0 Å². The number of carbonyl (C=O) groups excluding carboxylic acids is 1. The van der Waals surface area contributed by atoms with E-state index in [2.05, 4.69) is 15.5 Å². The third-order valence-corrected chi connectivity index (χ3v) is 5.17. The number of benzene rings is 1. The molecule has 1 aromatic carbocycles. The first-order valence-electron chi connectivity index (χ1n) is 8.20. The van der Waals surface area contributed by atoms with Crippen LogP contribution in [0.1, 0.15) is 27.2 Å². The number of hydrogen-bond acceptors (Lipinski definition) is 4. The number of aromatic nitrogens is 2. The van der Waals surface area contributed by atoms with Crippen LogP contribution in [0.15, 0.2) is 36.5 Å². The molecule has 4 N–H and O–H groups in total. The summed E-state index contributed by atoms with van der Waals surface area (Å²) in [6, 6.07) is 9.49. The van der Waals surface area contributed by atoms with Crippen molar-refractivity contribution in [3.63, 3.8) is 0 Å². The molecule has 136 valence electrons. The Bertz CT molecular complexity index is 732. The maximum Gasteiger partial charge on any atom is 0.245 e. The first-order chi connectivity index (χ1) is 11.4. The smallest absolute Gasteiger partial charge is 0.245 e. The second-order valence-electron chi connectivity index (χ2n) is 6.85. The zero-order valence-electron chi connectivity index (χ0n) is 14.7. The number of anilines is 1. The van der Waals surface area contributed by atoms with Gasteiger partial charge >= 0.3 is 0 Å². The Morgan fingerprint density at radius 3 is 2.80 bits per heavy atom. The number of nitrogens with one attached hydrogen (secondary N) is 2. The van der Waals surface area contributed by atoms with Crippen molar-refractivity contribution in [1.29, 1.82) is 0 Å². The third kappa shape index (κ3) is 3.29. The molecule has 3 rings (SSSR count). The molecule has 1 aliphatic rings. The zero-order chi connectivity index (χ0) is 17.4. The van der Waals surface area contributed by atoms with E-state index in [0.717, 1.165) is 11.3 Å². The molecule has 0 spiro atoms. The molecule has 1 fully saturated rings.